The van der Waals surface area contributed by atoms with Gasteiger partial charge >= 0.3 is 0 Å². The molecule has 0 radical (unpaired) electrons. The molecule has 10 heavy (non-hydrogen) atoms. The van der Waals surface area contributed by atoms with E-state index in [0.29, 0.717) is 6.54 Å². The Kier molecular flexibility index (Phi) is 2.17. The topological polar surface area (TPSA) is 22.0 Å². The van der Waals surface area contributed by atoms with Crippen molar-refractivity contribution in [2.75, 3.05) is 0 Å². The first-order chi connectivity index (χ1) is 4.74. The van der Waals surface area contributed by atoms with Gasteiger partial charge in [-0.05, 0) is 13.0 Å². The van der Waals surface area contributed by atoms with E-state index in [4.69, 9.17) is 0 Å². The van der Waals surface area contributed by atoms with Gasteiger partial charge in [0.05, 0.1) is 0 Å². The van der Waals surface area contributed by atoms with Crippen LogP contribution in [0.15, 0.2) is 28.0 Å². The summed E-state index contributed by atoms with van der Waals surface area (Å²) in [7, 11) is 0. The summed E-state index contributed by atoms with van der Waals surface area (Å²) in [6.07, 6.45) is 1.73. The lowest BCUT2D eigenvalue weighted by atomic mass is 10.5. The summed E-state index contributed by atoms with van der Waals surface area (Å²) in [6.45, 7) is 2.63. The van der Waals surface area contributed by atoms with Crippen molar-refractivity contribution < 1.29 is 0 Å². The Hall–Kier alpha value is -0.700. The Labute approximate surface area is 64.9 Å². The zero-order valence-corrected chi connectivity index (χ0v) is 6.64. The van der Waals surface area contributed by atoms with Crippen molar-refractivity contribution in [1.29, 1.82) is 0 Å². The number of aryl methyl sites for hydroxylation is 1. The van der Waals surface area contributed by atoms with Gasteiger partial charge in [0.25, 0.3) is 5.56 Å². The van der Waals surface area contributed by atoms with E-state index in [9.17, 15) is 4.79 Å². The minimum atomic E-state index is 0.0281. The Morgan fingerprint density at radius 2 is 2.30 bits per heavy atom. The first-order valence-corrected chi connectivity index (χ1v) is 3.58. The second kappa shape index (κ2) is 2.92. The molecule has 0 amide bonds. The SMILES string of the molecule is CCn1cc(S)ccc1=O. The third kappa shape index (κ3) is 1.42. The highest BCUT2D eigenvalue weighted by Crippen LogP contribution is 1.99. The summed E-state index contributed by atoms with van der Waals surface area (Å²) in [4.78, 5) is 11.8. The molecule has 3 heteroatoms. The van der Waals surface area contributed by atoms with Crippen LogP contribution in [-0.4, -0.2) is 4.57 Å². The van der Waals surface area contributed by atoms with Gasteiger partial charge in [-0.3, -0.25) is 4.79 Å². The van der Waals surface area contributed by atoms with Crippen molar-refractivity contribution in [3.63, 3.8) is 0 Å². The number of thiol groups is 1. The van der Waals surface area contributed by atoms with Gasteiger partial charge in [0.15, 0.2) is 0 Å². The highest BCUT2D eigenvalue weighted by molar-refractivity contribution is 7.80. The largest absolute Gasteiger partial charge is 0.315 e. The maximum Gasteiger partial charge on any atom is 0.250 e. The van der Waals surface area contributed by atoms with Gasteiger partial charge in [-0.25, -0.2) is 0 Å². The van der Waals surface area contributed by atoms with Gasteiger partial charge in [-0.2, -0.15) is 0 Å². The van der Waals surface area contributed by atoms with E-state index in [1.54, 1.807) is 16.8 Å². The number of aromatic nitrogens is 1. The lowest BCUT2D eigenvalue weighted by molar-refractivity contribution is 0.716. The smallest absolute Gasteiger partial charge is 0.250 e. The molecule has 0 aromatic carbocycles. The summed E-state index contributed by atoms with van der Waals surface area (Å²) < 4.78 is 1.61. The molecule has 0 unspecified atom stereocenters. The highest BCUT2D eigenvalue weighted by atomic mass is 32.1. The molecule has 1 aromatic rings. The quantitative estimate of drug-likeness (QED) is 0.604. The molecule has 1 rings (SSSR count). The van der Waals surface area contributed by atoms with Gasteiger partial charge in [-0.15, -0.1) is 12.6 Å². The number of hydrogen-bond donors (Lipinski definition) is 1. The van der Waals surface area contributed by atoms with Crippen LogP contribution in [0.1, 0.15) is 6.92 Å². The van der Waals surface area contributed by atoms with Crippen LogP contribution in [0.2, 0.25) is 0 Å². The van der Waals surface area contributed by atoms with Gasteiger partial charge in [-0.1, -0.05) is 0 Å². The summed E-state index contributed by atoms with van der Waals surface area (Å²) in [6, 6.07) is 3.21. The van der Waals surface area contributed by atoms with Crippen molar-refractivity contribution in [3.8, 4) is 0 Å². The Balaban J connectivity index is 3.22. The number of hydrogen-bond acceptors (Lipinski definition) is 2. The first-order valence-electron chi connectivity index (χ1n) is 3.13. The van der Waals surface area contributed by atoms with Crippen LogP contribution in [0.25, 0.3) is 0 Å². The lowest BCUT2D eigenvalue weighted by Gasteiger charge is -1.99. The van der Waals surface area contributed by atoms with Crippen LogP contribution in [0, 0.1) is 0 Å². The summed E-state index contributed by atoms with van der Waals surface area (Å²) >= 11 is 4.10. The molecule has 0 atom stereocenters. The van der Waals surface area contributed by atoms with E-state index >= 15 is 0 Å². The van der Waals surface area contributed by atoms with E-state index < -0.39 is 0 Å². The molecule has 0 aliphatic heterocycles. The van der Waals surface area contributed by atoms with Crippen LogP contribution >= 0.6 is 12.6 Å². The zero-order chi connectivity index (χ0) is 7.56. The molecule has 0 aliphatic rings. The van der Waals surface area contributed by atoms with Gasteiger partial charge < -0.3 is 4.57 Å². The normalized spacial score (nSPS) is 9.80. The van der Waals surface area contributed by atoms with Crippen LogP contribution in [0.3, 0.4) is 0 Å². The molecule has 0 N–H and O–H groups in total. The molecule has 0 bridgehead atoms. The van der Waals surface area contributed by atoms with Gasteiger partial charge in [0.1, 0.15) is 0 Å². The number of rotatable bonds is 1. The summed E-state index contributed by atoms with van der Waals surface area (Å²) in [5.74, 6) is 0. The minimum absolute atomic E-state index is 0.0281. The fourth-order valence-electron chi connectivity index (χ4n) is 0.766. The second-order valence-corrected chi connectivity index (χ2v) is 2.53. The van der Waals surface area contributed by atoms with E-state index in [-0.39, 0.29) is 5.56 Å². The maximum atomic E-state index is 10.9. The fourth-order valence-corrected chi connectivity index (χ4v) is 0.980. The Bertz CT molecular complexity index is 279. The predicted molar refractivity (Wildman–Crippen MR) is 43.6 cm³/mol. The average molecular weight is 155 g/mol. The van der Waals surface area contributed by atoms with E-state index in [2.05, 4.69) is 12.6 Å². The fraction of sp³-hybridized carbons (Fsp3) is 0.286. The third-order valence-corrected chi connectivity index (χ3v) is 1.57. The van der Waals surface area contributed by atoms with E-state index in [0.717, 1.165) is 4.90 Å². The molecule has 0 fully saturated rings. The van der Waals surface area contributed by atoms with Crippen LogP contribution in [0.4, 0.5) is 0 Å². The highest BCUT2D eigenvalue weighted by Gasteiger charge is 1.90. The van der Waals surface area contributed by atoms with Crippen molar-refractivity contribution in [3.05, 3.63) is 28.7 Å². The van der Waals surface area contributed by atoms with E-state index in [1.165, 1.54) is 6.07 Å². The predicted octanol–water partition coefficient (Wildman–Crippen LogP) is 1.16. The molecule has 0 saturated heterocycles. The van der Waals surface area contributed by atoms with Crippen molar-refractivity contribution >= 4 is 12.6 Å². The minimum Gasteiger partial charge on any atom is -0.315 e. The van der Waals surface area contributed by atoms with Gasteiger partial charge in [0, 0.05) is 23.7 Å². The molecule has 1 heterocycles. The summed E-state index contributed by atoms with van der Waals surface area (Å²) in [5, 5.41) is 0. The van der Waals surface area contributed by atoms with Gasteiger partial charge in [0.2, 0.25) is 0 Å². The molecule has 0 saturated carbocycles. The zero-order valence-electron chi connectivity index (χ0n) is 5.74. The number of nitrogens with zero attached hydrogens (tertiary/aromatic N) is 1. The standard InChI is InChI=1S/C7H9NOS/c1-2-8-5-6(10)3-4-7(8)9/h3-5,10H,2H2,1H3. The van der Waals surface area contributed by atoms with Crippen molar-refractivity contribution in [1.82, 2.24) is 4.57 Å². The molecular formula is C7H9NOS. The van der Waals surface area contributed by atoms with Crippen LogP contribution in [-0.2, 0) is 6.54 Å². The Morgan fingerprint density at radius 3 is 2.80 bits per heavy atom. The van der Waals surface area contributed by atoms with Crippen LogP contribution < -0.4 is 5.56 Å². The Morgan fingerprint density at radius 1 is 1.60 bits per heavy atom. The van der Waals surface area contributed by atoms with Crippen molar-refractivity contribution in [2.24, 2.45) is 0 Å². The molecule has 1 aromatic heterocycles. The van der Waals surface area contributed by atoms with Crippen molar-refractivity contribution in [2.45, 2.75) is 18.4 Å². The molecule has 0 spiro atoms. The summed E-state index contributed by atoms with van der Waals surface area (Å²) in [5.41, 5.74) is 0.0281. The number of pyridine rings is 1. The maximum absolute atomic E-state index is 10.9. The third-order valence-electron chi connectivity index (χ3n) is 1.31. The second-order valence-electron chi connectivity index (χ2n) is 2.01. The first kappa shape index (κ1) is 7.41. The molecule has 2 nitrogen and oxygen atoms in total. The van der Waals surface area contributed by atoms with Crippen LogP contribution in [0.5, 0.6) is 0 Å². The lowest BCUT2D eigenvalue weighted by Crippen LogP contribution is -2.16. The molecule has 54 valence electrons. The molecule has 0 aliphatic carbocycles. The van der Waals surface area contributed by atoms with E-state index in [1.807, 2.05) is 6.92 Å². The monoisotopic (exact) mass is 155 g/mol. The average Bonchev–Trinajstić information content (AvgIpc) is 1.94. The molecular weight excluding hydrogens is 146 g/mol.